The van der Waals surface area contributed by atoms with Crippen LogP contribution in [0.2, 0.25) is 0 Å². The van der Waals surface area contributed by atoms with E-state index in [0.29, 0.717) is 11.5 Å². The second-order valence-electron chi connectivity index (χ2n) is 4.88. The number of amides is 1. The van der Waals surface area contributed by atoms with Gasteiger partial charge in [-0.1, -0.05) is 6.92 Å². The minimum absolute atomic E-state index is 0.0469. The molecule has 96 valence electrons. The molecule has 1 saturated heterocycles. The normalized spacial score (nSPS) is 23.1. The van der Waals surface area contributed by atoms with E-state index in [1.165, 1.54) is 18.3 Å². The Balaban J connectivity index is 2.16. The zero-order valence-corrected chi connectivity index (χ0v) is 10.5. The summed E-state index contributed by atoms with van der Waals surface area (Å²) >= 11 is 0. The number of rotatable bonds is 2. The Kier molecular flexibility index (Phi) is 3.32. The van der Waals surface area contributed by atoms with Crippen LogP contribution in [0.15, 0.2) is 18.3 Å². The van der Waals surface area contributed by atoms with Crippen LogP contribution in [0.5, 0.6) is 0 Å². The van der Waals surface area contributed by atoms with Crippen molar-refractivity contribution in [1.82, 2.24) is 9.88 Å². The molecule has 2 heterocycles. The van der Waals surface area contributed by atoms with E-state index in [0.717, 1.165) is 13.0 Å². The van der Waals surface area contributed by atoms with Gasteiger partial charge in [0.15, 0.2) is 0 Å². The highest BCUT2D eigenvalue weighted by molar-refractivity contribution is 5.95. The largest absolute Gasteiger partial charge is 0.477 e. The van der Waals surface area contributed by atoms with Crippen LogP contribution in [0.25, 0.3) is 0 Å². The van der Waals surface area contributed by atoms with Crippen LogP contribution in [-0.2, 0) is 0 Å². The van der Waals surface area contributed by atoms with Gasteiger partial charge in [-0.15, -0.1) is 0 Å². The van der Waals surface area contributed by atoms with Gasteiger partial charge in [0.1, 0.15) is 5.69 Å². The van der Waals surface area contributed by atoms with Crippen LogP contribution in [-0.4, -0.2) is 39.5 Å². The van der Waals surface area contributed by atoms with Gasteiger partial charge in [-0.25, -0.2) is 9.78 Å². The first kappa shape index (κ1) is 12.5. The Hall–Kier alpha value is -1.91. The van der Waals surface area contributed by atoms with E-state index in [1.807, 2.05) is 11.8 Å². The second kappa shape index (κ2) is 4.76. The van der Waals surface area contributed by atoms with Crippen LogP contribution in [0, 0.1) is 5.92 Å². The number of hydrogen-bond donors (Lipinski definition) is 1. The molecular formula is C13H16N2O3. The minimum atomic E-state index is -1.09. The van der Waals surface area contributed by atoms with E-state index < -0.39 is 5.97 Å². The first-order chi connectivity index (χ1) is 8.49. The number of pyridine rings is 1. The van der Waals surface area contributed by atoms with Crippen LogP contribution in [0.3, 0.4) is 0 Å². The van der Waals surface area contributed by atoms with E-state index in [1.54, 1.807) is 0 Å². The molecule has 2 unspecified atom stereocenters. The van der Waals surface area contributed by atoms with E-state index >= 15 is 0 Å². The fourth-order valence-electron chi connectivity index (χ4n) is 2.40. The first-order valence-electron chi connectivity index (χ1n) is 5.99. The quantitative estimate of drug-likeness (QED) is 0.863. The number of carbonyl (C=O) groups is 2. The summed E-state index contributed by atoms with van der Waals surface area (Å²) in [5, 5.41) is 8.74. The summed E-state index contributed by atoms with van der Waals surface area (Å²) in [4.78, 5) is 28.5. The van der Waals surface area contributed by atoms with Gasteiger partial charge >= 0.3 is 5.97 Å². The Morgan fingerprint density at radius 1 is 1.39 bits per heavy atom. The van der Waals surface area contributed by atoms with Crippen molar-refractivity contribution >= 4 is 11.9 Å². The SMILES string of the molecule is CC1CC(C)N(C(=O)c2ccc(C(=O)O)nc2)C1. The molecule has 0 spiro atoms. The Labute approximate surface area is 105 Å². The van der Waals surface area contributed by atoms with Crippen LogP contribution in [0.4, 0.5) is 0 Å². The number of hydrogen-bond acceptors (Lipinski definition) is 3. The van der Waals surface area contributed by atoms with Gasteiger partial charge in [-0.2, -0.15) is 0 Å². The predicted molar refractivity (Wildman–Crippen MR) is 65.5 cm³/mol. The molecule has 5 heteroatoms. The number of nitrogens with zero attached hydrogens (tertiary/aromatic N) is 2. The third kappa shape index (κ3) is 2.34. The molecule has 5 nitrogen and oxygen atoms in total. The lowest BCUT2D eigenvalue weighted by atomic mass is 10.1. The minimum Gasteiger partial charge on any atom is -0.477 e. The van der Waals surface area contributed by atoms with Gasteiger partial charge in [-0.05, 0) is 31.4 Å². The van der Waals surface area contributed by atoms with Crippen LogP contribution in [0.1, 0.15) is 41.1 Å². The van der Waals surface area contributed by atoms with Crippen molar-refractivity contribution in [3.63, 3.8) is 0 Å². The maximum Gasteiger partial charge on any atom is 0.354 e. The molecule has 0 aliphatic carbocycles. The summed E-state index contributed by atoms with van der Waals surface area (Å²) < 4.78 is 0. The molecule has 1 N–H and O–H groups in total. The fourth-order valence-corrected chi connectivity index (χ4v) is 2.40. The van der Waals surface area contributed by atoms with Gasteiger partial charge in [0.05, 0.1) is 5.56 Å². The van der Waals surface area contributed by atoms with Crippen molar-refractivity contribution in [2.75, 3.05) is 6.54 Å². The molecule has 18 heavy (non-hydrogen) atoms. The maximum atomic E-state index is 12.2. The van der Waals surface area contributed by atoms with Crippen molar-refractivity contribution in [3.8, 4) is 0 Å². The Morgan fingerprint density at radius 3 is 2.56 bits per heavy atom. The lowest BCUT2D eigenvalue weighted by molar-refractivity contribution is 0.0686. The third-order valence-electron chi connectivity index (χ3n) is 3.27. The summed E-state index contributed by atoms with van der Waals surface area (Å²) in [6.07, 6.45) is 2.34. The molecule has 0 aromatic carbocycles. The van der Waals surface area contributed by atoms with E-state index in [4.69, 9.17) is 5.11 Å². The molecule has 0 bridgehead atoms. The summed E-state index contributed by atoms with van der Waals surface area (Å²) in [5.74, 6) is -0.649. The molecule has 1 amide bonds. The molecule has 0 saturated carbocycles. The molecule has 0 radical (unpaired) electrons. The zero-order valence-electron chi connectivity index (χ0n) is 10.5. The molecule has 1 aliphatic heterocycles. The van der Waals surface area contributed by atoms with E-state index in [-0.39, 0.29) is 17.6 Å². The first-order valence-corrected chi connectivity index (χ1v) is 5.99. The number of likely N-dealkylation sites (tertiary alicyclic amines) is 1. The molecule has 2 rings (SSSR count). The standard InChI is InChI=1S/C13H16N2O3/c1-8-5-9(2)15(7-8)12(16)10-3-4-11(13(17)18)14-6-10/h3-4,6,8-9H,5,7H2,1-2H3,(H,17,18). The van der Waals surface area contributed by atoms with Gasteiger partial charge in [-0.3, -0.25) is 4.79 Å². The summed E-state index contributed by atoms with van der Waals surface area (Å²) in [7, 11) is 0. The van der Waals surface area contributed by atoms with E-state index in [2.05, 4.69) is 11.9 Å². The van der Waals surface area contributed by atoms with Crippen molar-refractivity contribution in [2.24, 2.45) is 5.92 Å². The van der Waals surface area contributed by atoms with E-state index in [9.17, 15) is 9.59 Å². The number of carbonyl (C=O) groups excluding carboxylic acids is 1. The van der Waals surface area contributed by atoms with Gasteiger partial charge in [0.2, 0.25) is 0 Å². The molecule has 1 aliphatic rings. The zero-order chi connectivity index (χ0) is 13.3. The summed E-state index contributed by atoms with van der Waals surface area (Å²) in [6.45, 7) is 4.90. The molecule has 1 aromatic heterocycles. The Bertz CT molecular complexity index is 470. The number of aromatic carboxylic acids is 1. The lowest BCUT2D eigenvalue weighted by Crippen LogP contribution is -2.34. The number of aromatic nitrogens is 1. The molecular weight excluding hydrogens is 232 g/mol. The average molecular weight is 248 g/mol. The van der Waals surface area contributed by atoms with Crippen molar-refractivity contribution < 1.29 is 14.7 Å². The highest BCUT2D eigenvalue weighted by Crippen LogP contribution is 2.24. The topological polar surface area (TPSA) is 70.5 Å². The summed E-state index contributed by atoms with van der Waals surface area (Å²) in [5.41, 5.74) is 0.398. The highest BCUT2D eigenvalue weighted by atomic mass is 16.4. The van der Waals surface area contributed by atoms with Gasteiger partial charge in [0, 0.05) is 18.8 Å². The smallest absolute Gasteiger partial charge is 0.354 e. The predicted octanol–water partition coefficient (Wildman–Crippen LogP) is 1.65. The second-order valence-corrected chi connectivity index (χ2v) is 4.88. The highest BCUT2D eigenvalue weighted by Gasteiger charge is 2.30. The third-order valence-corrected chi connectivity index (χ3v) is 3.27. The Morgan fingerprint density at radius 2 is 2.11 bits per heavy atom. The maximum absolute atomic E-state index is 12.2. The van der Waals surface area contributed by atoms with Gasteiger partial charge < -0.3 is 10.0 Å². The van der Waals surface area contributed by atoms with Crippen molar-refractivity contribution in [3.05, 3.63) is 29.6 Å². The molecule has 1 fully saturated rings. The van der Waals surface area contributed by atoms with Crippen LogP contribution >= 0.6 is 0 Å². The van der Waals surface area contributed by atoms with Gasteiger partial charge in [0.25, 0.3) is 5.91 Å². The lowest BCUT2D eigenvalue weighted by Gasteiger charge is -2.21. The molecule has 1 aromatic rings. The number of carboxylic acid groups (broad SMARTS) is 1. The van der Waals surface area contributed by atoms with Crippen molar-refractivity contribution in [1.29, 1.82) is 0 Å². The number of carboxylic acids is 1. The van der Waals surface area contributed by atoms with Crippen molar-refractivity contribution in [2.45, 2.75) is 26.3 Å². The summed E-state index contributed by atoms with van der Waals surface area (Å²) in [6, 6.07) is 3.11. The fraction of sp³-hybridized carbons (Fsp3) is 0.462. The monoisotopic (exact) mass is 248 g/mol. The average Bonchev–Trinajstić information content (AvgIpc) is 2.67. The molecule has 2 atom stereocenters. The van der Waals surface area contributed by atoms with Crippen LogP contribution < -0.4 is 0 Å².